The van der Waals surface area contributed by atoms with E-state index in [1.807, 2.05) is 41.0 Å². The molecule has 0 spiro atoms. The van der Waals surface area contributed by atoms with Gasteiger partial charge in [0.2, 0.25) is 6.79 Å². The lowest BCUT2D eigenvalue weighted by molar-refractivity contribution is 0.0600. The second-order valence-electron chi connectivity index (χ2n) is 6.44. The highest BCUT2D eigenvalue weighted by molar-refractivity contribution is 7.98. The summed E-state index contributed by atoms with van der Waals surface area (Å²) >= 11 is 1.54. The molecule has 7 nitrogen and oxygen atoms in total. The van der Waals surface area contributed by atoms with Gasteiger partial charge in [-0.2, -0.15) is 0 Å². The minimum atomic E-state index is -0.358. The molecule has 0 atom stereocenters. The van der Waals surface area contributed by atoms with Gasteiger partial charge < -0.3 is 23.9 Å². The van der Waals surface area contributed by atoms with Crippen molar-refractivity contribution >= 4 is 17.7 Å². The third-order valence-electron chi connectivity index (χ3n) is 4.56. The molecule has 1 aliphatic rings. The Morgan fingerprint density at radius 1 is 1.21 bits per heavy atom. The van der Waals surface area contributed by atoms with Gasteiger partial charge in [-0.3, -0.25) is 0 Å². The number of aliphatic hydroxyl groups excluding tert-OH is 1. The van der Waals surface area contributed by atoms with Gasteiger partial charge in [-0.15, -0.1) is 0 Å². The number of esters is 1. The molecular formula is C21H20N2O5S. The molecule has 2 heterocycles. The van der Waals surface area contributed by atoms with Crippen LogP contribution in [0.5, 0.6) is 11.5 Å². The molecule has 4 rings (SSSR count). The fourth-order valence-corrected chi connectivity index (χ4v) is 4.02. The van der Waals surface area contributed by atoms with Crippen LogP contribution in [0.15, 0.2) is 53.8 Å². The average Bonchev–Trinajstić information content (AvgIpc) is 3.38. The number of nitrogens with zero attached hydrogens (tertiary/aromatic N) is 2. The van der Waals surface area contributed by atoms with E-state index in [0.717, 1.165) is 33.5 Å². The molecular weight excluding hydrogens is 392 g/mol. The third-order valence-corrected chi connectivity index (χ3v) is 5.62. The number of carbonyl (C=O) groups is 1. The van der Waals surface area contributed by atoms with Crippen molar-refractivity contribution in [1.82, 2.24) is 9.55 Å². The number of benzene rings is 2. The molecule has 0 amide bonds. The zero-order valence-corrected chi connectivity index (χ0v) is 16.6. The summed E-state index contributed by atoms with van der Waals surface area (Å²) in [6.07, 6.45) is 1.68. The highest BCUT2D eigenvalue weighted by Gasteiger charge is 2.16. The number of methoxy groups -OCH3 is 1. The Bertz CT molecular complexity index is 1030. The van der Waals surface area contributed by atoms with Crippen molar-refractivity contribution < 1.29 is 24.1 Å². The number of rotatable bonds is 7. The predicted molar refractivity (Wildman–Crippen MR) is 107 cm³/mol. The Labute approximate surface area is 172 Å². The Morgan fingerprint density at radius 3 is 2.90 bits per heavy atom. The molecule has 0 saturated heterocycles. The van der Waals surface area contributed by atoms with E-state index >= 15 is 0 Å². The molecule has 0 unspecified atom stereocenters. The maximum Gasteiger partial charge on any atom is 0.337 e. The largest absolute Gasteiger partial charge is 0.465 e. The van der Waals surface area contributed by atoms with Gasteiger partial charge in [-0.05, 0) is 35.4 Å². The maximum atomic E-state index is 11.7. The van der Waals surface area contributed by atoms with Gasteiger partial charge in [0.25, 0.3) is 0 Å². The first-order valence-electron chi connectivity index (χ1n) is 9.02. The van der Waals surface area contributed by atoms with Crippen LogP contribution in [0.25, 0.3) is 0 Å². The van der Waals surface area contributed by atoms with Crippen molar-refractivity contribution in [2.45, 2.75) is 24.1 Å². The SMILES string of the molecule is COC(=O)c1cccc(CSc2ncc(CO)n2Cc2ccc3c(c2)OCO3)c1. The van der Waals surface area contributed by atoms with Gasteiger partial charge >= 0.3 is 5.97 Å². The third kappa shape index (κ3) is 4.23. The summed E-state index contributed by atoms with van der Waals surface area (Å²) in [5.41, 5.74) is 3.26. The summed E-state index contributed by atoms with van der Waals surface area (Å²) in [7, 11) is 1.37. The molecule has 0 radical (unpaired) electrons. The fraction of sp³-hybridized carbons (Fsp3) is 0.238. The van der Waals surface area contributed by atoms with Crippen molar-refractivity contribution in [3.63, 3.8) is 0 Å². The van der Waals surface area contributed by atoms with Crippen LogP contribution in [0.4, 0.5) is 0 Å². The number of thioether (sulfide) groups is 1. The van der Waals surface area contributed by atoms with Crippen molar-refractivity contribution in [1.29, 1.82) is 0 Å². The fourth-order valence-electron chi connectivity index (χ4n) is 3.08. The Morgan fingerprint density at radius 2 is 2.07 bits per heavy atom. The number of aliphatic hydroxyl groups is 1. The van der Waals surface area contributed by atoms with Crippen LogP contribution < -0.4 is 9.47 Å². The van der Waals surface area contributed by atoms with Crippen LogP contribution in [-0.4, -0.2) is 34.5 Å². The summed E-state index contributed by atoms with van der Waals surface area (Å²) in [5, 5.41) is 10.5. The average molecular weight is 412 g/mol. The molecule has 1 aliphatic heterocycles. The van der Waals surface area contributed by atoms with E-state index in [1.54, 1.807) is 24.0 Å². The first-order chi connectivity index (χ1) is 14.2. The summed E-state index contributed by atoms with van der Waals surface area (Å²) in [5.74, 6) is 1.74. The zero-order chi connectivity index (χ0) is 20.2. The molecule has 0 bridgehead atoms. The lowest BCUT2D eigenvalue weighted by atomic mass is 10.1. The smallest absolute Gasteiger partial charge is 0.337 e. The van der Waals surface area contributed by atoms with Gasteiger partial charge in [0.15, 0.2) is 16.7 Å². The topological polar surface area (TPSA) is 82.8 Å². The normalized spacial score (nSPS) is 12.2. The minimum Gasteiger partial charge on any atom is -0.465 e. The number of imidazole rings is 1. The quantitative estimate of drug-likeness (QED) is 0.471. The van der Waals surface area contributed by atoms with Crippen molar-refractivity contribution in [2.24, 2.45) is 0 Å². The highest BCUT2D eigenvalue weighted by atomic mass is 32.2. The first-order valence-corrected chi connectivity index (χ1v) is 10.0. The van der Waals surface area contributed by atoms with E-state index in [4.69, 9.17) is 14.2 Å². The second kappa shape index (κ2) is 8.59. The van der Waals surface area contributed by atoms with E-state index < -0.39 is 0 Å². The van der Waals surface area contributed by atoms with E-state index in [2.05, 4.69) is 4.98 Å². The van der Waals surface area contributed by atoms with Gasteiger partial charge in [0.05, 0.1) is 37.7 Å². The highest BCUT2D eigenvalue weighted by Crippen LogP contribution is 2.33. The van der Waals surface area contributed by atoms with Gasteiger partial charge in [-0.25, -0.2) is 9.78 Å². The molecule has 3 aromatic rings. The lowest BCUT2D eigenvalue weighted by Gasteiger charge is -2.11. The number of fused-ring (bicyclic) bond motifs is 1. The van der Waals surface area contributed by atoms with Crippen LogP contribution in [0.3, 0.4) is 0 Å². The summed E-state index contributed by atoms with van der Waals surface area (Å²) in [4.78, 5) is 16.2. The maximum absolute atomic E-state index is 11.7. The molecule has 0 aliphatic carbocycles. The van der Waals surface area contributed by atoms with Crippen LogP contribution in [0.1, 0.15) is 27.2 Å². The van der Waals surface area contributed by atoms with Crippen LogP contribution >= 0.6 is 11.8 Å². The van der Waals surface area contributed by atoms with E-state index in [1.165, 1.54) is 7.11 Å². The van der Waals surface area contributed by atoms with Gasteiger partial charge in [0.1, 0.15) is 0 Å². The Kier molecular flexibility index (Phi) is 5.73. The molecule has 0 saturated carbocycles. The molecule has 150 valence electrons. The number of ether oxygens (including phenoxy) is 3. The summed E-state index contributed by atoms with van der Waals surface area (Å²) < 4.78 is 17.6. The molecule has 8 heteroatoms. The monoisotopic (exact) mass is 412 g/mol. The number of carbonyl (C=O) groups excluding carboxylic acids is 1. The lowest BCUT2D eigenvalue weighted by Crippen LogP contribution is -2.06. The van der Waals surface area contributed by atoms with Crippen molar-refractivity contribution in [2.75, 3.05) is 13.9 Å². The summed E-state index contributed by atoms with van der Waals surface area (Å²) in [6, 6.07) is 13.1. The minimum absolute atomic E-state index is 0.101. The molecule has 2 aromatic carbocycles. The van der Waals surface area contributed by atoms with Crippen LogP contribution in [0, 0.1) is 0 Å². The van der Waals surface area contributed by atoms with Crippen molar-refractivity contribution in [3.05, 3.63) is 71.0 Å². The molecule has 1 N–H and O–H groups in total. The second-order valence-corrected chi connectivity index (χ2v) is 7.39. The van der Waals surface area contributed by atoms with Crippen LogP contribution in [-0.2, 0) is 23.6 Å². The van der Waals surface area contributed by atoms with Crippen LogP contribution in [0.2, 0.25) is 0 Å². The standard InChI is InChI=1S/C21H20N2O5S/c1-26-20(25)16-4-2-3-15(7-16)12-29-21-22-9-17(11-24)23(21)10-14-5-6-18-19(8-14)28-13-27-18/h2-9,24H,10-13H2,1H3. The Balaban J connectivity index is 1.52. The van der Waals surface area contributed by atoms with Gasteiger partial charge in [-0.1, -0.05) is 30.0 Å². The van der Waals surface area contributed by atoms with E-state index in [0.29, 0.717) is 17.9 Å². The number of hydrogen-bond donors (Lipinski definition) is 1. The van der Waals surface area contributed by atoms with E-state index in [-0.39, 0.29) is 19.4 Å². The summed E-state index contributed by atoms with van der Waals surface area (Å²) in [6.45, 7) is 0.685. The predicted octanol–water partition coefficient (Wildman–Crippen LogP) is 3.23. The Hall–Kier alpha value is -2.97. The van der Waals surface area contributed by atoms with Gasteiger partial charge in [0, 0.05) is 5.75 Å². The molecule has 1 aromatic heterocycles. The first kappa shape index (κ1) is 19.4. The number of aromatic nitrogens is 2. The number of hydrogen-bond acceptors (Lipinski definition) is 7. The van der Waals surface area contributed by atoms with E-state index in [9.17, 15) is 9.90 Å². The zero-order valence-electron chi connectivity index (χ0n) is 15.8. The molecule has 29 heavy (non-hydrogen) atoms. The van der Waals surface area contributed by atoms with Crippen molar-refractivity contribution in [3.8, 4) is 11.5 Å². The molecule has 0 fully saturated rings.